The largest absolute Gasteiger partial charge is 0.361 e. The number of hydrogen-bond acceptors (Lipinski definition) is 4. The molecule has 2 N–H and O–H groups in total. The monoisotopic (exact) mass is 305 g/mol. The number of hydrogen-bond donors (Lipinski definition) is 2. The van der Waals surface area contributed by atoms with E-state index in [9.17, 15) is 14.0 Å². The van der Waals surface area contributed by atoms with Crippen LogP contribution >= 0.6 is 0 Å². The first-order chi connectivity index (χ1) is 10.5. The molecule has 2 rings (SSSR count). The van der Waals surface area contributed by atoms with E-state index in [1.165, 1.54) is 31.3 Å². The van der Waals surface area contributed by atoms with Crippen LogP contribution in [0.5, 0.6) is 0 Å². The van der Waals surface area contributed by atoms with Crippen LogP contribution in [0.25, 0.3) is 0 Å². The highest BCUT2D eigenvalue weighted by molar-refractivity contribution is 6.02. The van der Waals surface area contributed by atoms with Gasteiger partial charge in [-0.25, -0.2) is 4.39 Å². The van der Waals surface area contributed by atoms with Gasteiger partial charge in [0.25, 0.3) is 5.91 Å². The summed E-state index contributed by atoms with van der Waals surface area (Å²) in [6, 6.07) is 5.71. The minimum Gasteiger partial charge on any atom is -0.361 e. The van der Waals surface area contributed by atoms with Crippen LogP contribution in [0.15, 0.2) is 28.8 Å². The Morgan fingerprint density at radius 2 is 2.09 bits per heavy atom. The van der Waals surface area contributed by atoms with Crippen molar-refractivity contribution in [2.45, 2.75) is 19.8 Å². The molecule has 0 saturated carbocycles. The molecule has 2 amide bonds. The lowest BCUT2D eigenvalue weighted by Crippen LogP contribution is -2.18. The fourth-order valence-electron chi connectivity index (χ4n) is 1.89. The SMILES string of the molecule is CNC(=O)CCc1cc(NC(=O)c2cc(C)on2)ccc1F. The van der Waals surface area contributed by atoms with Crippen molar-refractivity contribution in [1.82, 2.24) is 10.5 Å². The molecular formula is C15H16FN3O3. The number of carbonyl (C=O) groups is 2. The molecule has 0 radical (unpaired) electrons. The van der Waals surface area contributed by atoms with Crippen LogP contribution in [0.4, 0.5) is 10.1 Å². The van der Waals surface area contributed by atoms with Gasteiger partial charge in [-0.1, -0.05) is 5.16 Å². The van der Waals surface area contributed by atoms with Crippen LogP contribution in [-0.4, -0.2) is 24.0 Å². The van der Waals surface area contributed by atoms with E-state index in [2.05, 4.69) is 15.8 Å². The molecule has 0 spiro atoms. The van der Waals surface area contributed by atoms with Crippen molar-refractivity contribution in [2.24, 2.45) is 0 Å². The van der Waals surface area contributed by atoms with Crippen molar-refractivity contribution >= 4 is 17.5 Å². The van der Waals surface area contributed by atoms with E-state index in [1.54, 1.807) is 6.92 Å². The molecule has 1 heterocycles. The standard InChI is InChI=1S/C15H16FN3O3/c1-9-7-13(19-22-9)15(21)18-11-4-5-12(16)10(8-11)3-6-14(20)17-2/h4-5,7-8H,3,6H2,1-2H3,(H,17,20)(H,18,21). The summed E-state index contributed by atoms with van der Waals surface area (Å²) in [7, 11) is 1.52. The van der Waals surface area contributed by atoms with E-state index in [0.717, 1.165) is 0 Å². The quantitative estimate of drug-likeness (QED) is 0.885. The van der Waals surface area contributed by atoms with Gasteiger partial charge in [0.05, 0.1) is 0 Å². The minimum atomic E-state index is -0.444. The Balaban J connectivity index is 2.08. The van der Waals surface area contributed by atoms with Gasteiger partial charge in [0.2, 0.25) is 5.91 Å². The number of anilines is 1. The van der Waals surface area contributed by atoms with Crippen molar-refractivity contribution < 1.29 is 18.5 Å². The zero-order chi connectivity index (χ0) is 16.1. The molecule has 7 heteroatoms. The average Bonchev–Trinajstić information content (AvgIpc) is 2.94. The van der Waals surface area contributed by atoms with Crippen molar-refractivity contribution in [2.75, 3.05) is 12.4 Å². The molecule has 0 atom stereocenters. The van der Waals surface area contributed by atoms with Gasteiger partial charge in [0, 0.05) is 25.2 Å². The molecule has 0 aliphatic rings. The Bertz CT molecular complexity index is 697. The minimum absolute atomic E-state index is 0.147. The Kier molecular flexibility index (Phi) is 4.88. The second-order valence-corrected chi connectivity index (χ2v) is 4.76. The van der Waals surface area contributed by atoms with Gasteiger partial charge in [0.1, 0.15) is 11.6 Å². The van der Waals surface area contributed by atoms with Crippen LogP contribution < -0.4 is 10.6 Å². The summed E-state index contributed by atoms with van der Waals surface area (Å²) >= 11 is 0. The lowest BCUT2D eigenvalue weighted by Gasteiger charge is -2.07. The van der Waals surface area contributed by atoms with Gasteiger partial charge < -0.3 is 15.2 Å². The zero-order valence-corrected chi connectivity index (χ0v) is 12.3. The van der Waals surface area contributed by atoms with Gasteiger partial charge in [0.15, 0.2) is 5.69 Å². The van der Waals surface area contributed by atoms with Crippen LogP contribution in [0.2, 0.25) is 0 Å². The molecule has 0 aliphatic carbocycles. The summed E-state index contributed by atoms with van der Waals surface area (Å²) in [5.74, 6) is -0.512. The smallest absolute Gasteiger partial charge is 0.277 e. The normalized spacial score (nSPS) is 10.3. The lowest BCUT2D eigenvalue weighted by atomic mass is 10.1. The number of rotatable bonds is 5. The van der Waals surface area contributed by atoms with Crippen molar-refractivity contribution in [3.8, 4) is 0 Å². The maximum absolute atomic E-state index is 13.7. The Hall–Kier alpha value is -2.70. The van der Waals surface area contributed by atoms with Gasteiger partial charge in [-0.15, -0.1) is 0 Å². The highest BCUT2D eigenvalue weighted by Gasteiger charge is 2.12. The lowest BCUT2D eigenvalue weighted by molar-refractivity contribution is -0.120. The van der Waals surface area contributed by atoms with Gasteiger partial charge in [-0.05, 0) is 37.1 Å². The fourth-order valence-corrected chi connectivity index (χ4v) is 1.89. The fraction of sp³-hybridized carbons (Fsp3) is 0.267. The predicted octanol–water partition coefficient (Wildman–Crippen LogP) is 2.05. The maximum Gasteiger partial charge on any atom is 0.277 e. The summed E-state index contributed by atoms with van der Waals surface area (Å²) in [5.41, 5.74) is 0.936. The van der Waals surface area contributed by atoms with E-state index in [0.29, 0.717) is 17.0 Å². The van der Waals surface area contributed by atoms with Gasteiger partial charge in [-0.2, -0.15) is 0 Å². The highest BCUT2D eigenvalue weighted by atomic mass is 19.1. The van der Waals surface area contributed by atoms with Crippen LogP contribution in [-0.2, 0) is 11.2 Å². The molecule has 0 fully saturated rings. The summed E-state index contributed by atoms with van der Waals surface area (Å²) in [6.07, 6.45) is 0.422. The summed E-state index contributed by atoms with van der Waals surface area (Å²) in [5, 5.41) is 8.70. The summed E-state index contributed by atoms with van der Waals surface area (Å²) in [4.78, 5) is 23.2. The number of nitrogens with one attached hydrogen (secondary N) is 2. The van der Waals surface area contributed by atoms with E-state index in [-0.39, 0.29) is 24.4 Å². The molecule has 6 nitrogen and oxygen atoms in total. The third-order valence-corrected chi connectivity index (χ3v) is 3.06. The molecule has 116 valence electrons. The molecule has 1 aromatic carbocycles. The molecule has 0 aliphatic heterocycles. The predicted molar refractivity (Wildman–Crippen MR) is 78.0 cm³/mol. The third kappa shape index (κ3) is 3.91. The molecule has 22 heavy (non-hydrogen) atoms. The number of aryl methyl sites for hydroxylation is 2. The maximum atomic E-state index is 13.7. The molecule has 2 aromatic rings. The van der Waals surface area contributed by atoms with Crippen LogP contribution in [0.3, 0.4) is 0 Å². The number of amides is 2. The number of aromatic nitrogens is 1. The second kappa shape index (κ2) is 6.84. The Morgan fingerprint density at radius 1 is 1.32 bits per heavy atom. The zero-order valence-electron chi connectivity index (χ0n) is 12.3. The molecular weight excluding hydrogens is 289 g/mol. The number of carbonyl (C=O) groups excluding carboxylic acids is 2. The Morgan fingerprint density at radius 3 is 2.73 bits per heavy atom. The molecule has 0 saturated heterocycles. The van der Waals surface area contributed by atoms with Gasteiger partial charge >= 0.3 is 0 Å². The van der Waals surface area contributed by atoms with Crippen molar-refractivity contribution in [3.05, 3.63) is 47.1 Å². The molecule has 0 bridgehead atoms. The number of benzene rings is 1. The van der Waals surface area contributed by atoms with E-state index in [1.807, 2.05) is 0 Å². The first-order valence-corrected chi connectivity index (χ1v) is 6.73. The average molecular weight is 305 g/mol. The van der Waals surface area contributed by atoms with Gasteiger partial charge in [-0.3, -0.25) is 9.59 Å². The van der Waals surface area contributed by atoms with E-state index in [4.69, 9.17) is 4.52 Å². The molecule has 0 unspecified atom stereocenters. The first-order valence-electron chi connectivity index (χ1n) is 6.73. The third-order valence-electron chi connectivity index (χ3n) is 3.06. The summed E-state index contributed by atoms with van der Waals surface area (Å²) < 4.78 is 18.5. The van der Waals surface area contributed by atoms with Crippen LogP contribution in [0.1, 0.15) is 28.2 Å². The topological polar surface area (TPSA) is 84.2 Å². The number of halogens is 1. The van der Waals surface area contributed by atoms with E-state index >= 15 is 0 Å². The number of nitrogens with zero attached hydrogens (tertiary/aromatic N) is 1. The van der Waals surface area contributed by atoms with Crippen molar-refractivity contribution in [3.63, 3.8) is 0 Å². The van der Waals surface area contributed by atoms with Crippen molar-refractivity contribution in [1.29, 1.82) is 0 Å². The second-order valence-electron chi connectivity index (χ2n) is 4.76. The molecule has 1 aromatic heterocycles. The van der Waals surface area contributed by atoms with Crippen LogP contribution in [0, 0.1) is 12.7 Å². The summed E-state index contributed by atoms with van der Waals surface area (Å²) in [6.45, 7) is 1.68. The highest BCUT2D eigenvalue weighted by Crippen LogP contribution is 2.17. The Labute approximate surface area is 126 Å². The first kappa shape index (κ1) is 15.7. The van der Waals surface area contributed by atoms with E-state index < -0.39 is 11.7 Å².